The smallest absolute Gasteiger partial charge is 0.0947 e. The van der Waals surface area contributed by atoms with Crippen molar-refractivity contribution in [3.63, 3.8) is 0 Å². The standard InChI is InChI=1S/C12H27N3/c1-4-6-8-15(9-7-5-2)10-11(3)12(13)14/h11H,4-10H2,1-3H3,(H3,13,14). The van der Waals surface area contributed by atoms with E-state index >= 15 is 0 Å². The zero-order valence-corrected chi connectivity index (χ0v) is 10.6. The fourth-order valence-corrected chi connectivity index (χ4v) is 1.54. The number of nitrogens with zero attached hydrogens (tertiary/aromatic N) is 1. The Bertz CT molecular complexity index is 160. The van der Waals surface area contributed by atoms with Gasteiger partial charge in [0.15, 0.2) is 0 Å². The molecule has 0 heterocycles. The summed E-state index contributed by atoms with van der Waals surface area (Å²) in [5.41, 5.74) is 5.50. The Morgan fingerprint density at radius 1 is 1.20 bits per heavy atom. The first-order valence-corrected chi connectivity index (χ1v) is 6.18. The molecule has 3 heteroatoms. The third-order valence-corrected chi connectivity index (χ3v) is 2.72. The SMILES string of the molecule is CCCCN(CCCC)CC(C)C(=N)N. The quantitative estimate of drug-likeness (QED) is 0.456. The van der Waals surface area contributed by atoms with Gasteiger partial charge < -0.3 is 10.6 Å². The van der Waals surface area contributed by atoms with Gasteiger partial charge in [0, 0.05) is 12.5 Å². The topological polar surface area (TPSA) is 53.1 Å². The molecule has 1 atom stereocenters. The van der Waals surface area contributed by atoms with E-state index in [9.17, 15) is 0 Å². The summed E-state index contributed by atoms with van der Waals surface area (Å²) in [6.45, 7) is 9.70. The molecule has 0 amide bonds. The van der Waals surface area contributed by atoms with Crippen molar-refractivity contribution >= 4 is 5.84 Å². The highest BCUT2D eigenvalue weighted by atomic mass is 15.1. The van der Waals surface area contributed by atoms with Crippen molar-refractivity contribution in [3.8, 4) is 0 Å². The Morgan fingerprint density at radius 2 is 1.67 bits per heavy atom. The van der Waals surface area contributed by atoms with Crippen molar-refractivity contribution in [2.75, 3.05) is 19.6 Å². The number of hydrogen-bond acceptors (Lipinski definition) is 2. The summed E-state index contributed by atoms with van der Waals surface area (Å²) in [6.07, 6.45) is 4.96. The van der Waals surface area contributed by atoms with Crippen LogP contribution >= 0.6 is 0 Å². The van der Waals surface area contributed by atoms with Gasteiger partial charge in [-0.2, -0.15) is 0 Å². The van der Waals surface area contributed by atoms with Crippen LogP contribution in [0.25, 0.3) is 0 Å². The fraction of sp³-hybridized carbons (Fsp3) is 0.917. The summed E-state index contributed by atoms with van der Waals surface area (Å²) in [5.74, 6) is 0.506. The van der Waals surface area contributed by atoms with E-state index in [0.717, 1.165) is 19.6 Å². The second-order valence-corrected chi connectivity index (χ2v) is 4.36. The molecule has 0 fully saturated rings. The molecule has 3 N–H and O–H groups in total. The molecular formula is C12H27N3. The summed E-state index contributed by atoms with van der Waals surface area (Å²) in [5, 5.41) is 7.40. The molecule has 15 heavy (non-hydrogen) atoms. The average Bonchev–Trinajstić information content (AvgIpc) is 2.21. The minimum absolute atomic E-state index is 0.193. The highest BCUT2D eigenvalue weighted by Crippen LogP contribution is 2.04. The maximum Gasteiger partial charge on any atom is 0.0947 e. The monoisotopic (exact) mass is 213 g/mol. The van der Waals surface area contributed by atoms with Crippen LogP contribution in [-0.2, 0) is 0 Å². The molecule has 0 rings (SSSR count). The van der Waals surface area contributed by atoms with E-state index in [4.69, 9.17) is 11.1 Å². The number of rotatable bonds is 9. The number of unbranched alkanes of at least 4 members (excludes halogenated alkanes) is 2. The highest BCUT2D eigenvalue weighted by Gasteiger charge is 2.11. The molecule has 0 saturated carbocycles. The number of amidine groups is 1. The van der Waals surface area contributed by atoms with Crippen molar-refractivity contribution in [1.29, 1.82) is 5.41 Å². The van der Waals surface area contributed by atoms with Crippen LogP contribution in [0.4, 0.5) is 0 Å². The van der Waals surface area contributed by atoms with Crippen molar-refractivity contribution < 1.29 is 0 Å². The molecular weight excluding hydrogens is 186 g/mol. The zero-order valence-electron chi connectivity index (χ0n) is 10.6. The van der Waals surface area contributed by atoms with Gasteiger partial charge >= 0.3 is 0 Å². The molecule has 0 aliphatic heterocycles. The Labute approximate surface area is 94.5 Å². The maximum atomic E-state index is 7.40. The molecule has 0 aromatic carbocycles. The minimum Gasteiger partial charge on any atom is -0.387 e. The summed E-state index contributed by atoms with van der Waals surface area (Å²) >= 11 is 0. The Hall–Kier alpha value is -0.570. The first-order valence-electron chi connectivity index (χ1n) is 6.18. The van der Waals surface area contributed by atoms with Gasteiger partial charge in [0.05, 0.1) is 5.84 Å². The molecule has 1 unspecified atom stereocenters. The lowest BCUT2D eigenvalue weighted by Gasteiger charge is -2.24. The van der Waals surface area contributed by atoms with Gasteiger partial charge in [0.2, 0.25) is 0 Å². The predicted molar refractivity (Wildman–Crippen MR) is 67.3 cm³/mol. The van der Waals surface area contributed by atoms with Crippen LogP contribution < -0.4 is 5.73 Å². The lowest BCUT2D eigenvalue weighted by molar-refractivity contribution is 0.250. The van der Waals surface area contributed by atoms with Crippen LogP contribution in [0.2, 0.25) is 0 Å². The van der Waals surface area contributed by atoms with Gasteiger partial charge in [-0.15, -0.1) is 0 Å². The largest absolute Gasteiger partial charge is 0.387 e. The van der Waals surface area contributed by atoms with E-state index in [1.807, 2.05) is 6.92 Å². The van der Waals surface area contributed by atoms with Crippen LogP contribution in [0.5, 0.6) is 0 Å². The van der Waals surface area contributed by atoms with Gasteiger partial charge in [-0.05, 0) is 25.9 Å². The fourth-order valence-electron chi connectivity index (χ4n) is 1.54. The Balaban J connectivity index is 3.92. The second kappa shape index (κ2) is 8.72. The Morgan fingerprint density at radius 3 is 2.00 bits per heavy atom. The molecule has 90 valence electrons. The highest BCUT2D eigenvalue weighted by molar-refractivity contribution is 5.79. The van der Waals surface area contributed by atoms with Crippen molar-refractivity contribution in [2.24, 2.45) is 11.7 Å². The van der Waals surface area contributed by atoms with Gasteiger partial charge in [-0.25, -0.2) is 0 Å². The van der Waals surface area contributed by atoms with Crippen molar-refractivity contribution in [1.82, 2.24) is 4.90 Å². The number of nitrogens with two attached hydrogens (primary N) is 1. The van der Waals surface area contributed by atoms with Crippen molar-refractivity contribution in [3.05, 3.63) is 0 Å². The third-order valence-electron chi connectivity index (χ3n) is 2.72. The van der Waals surface area contributed by atoms with E-state index in [1.165, 1.54) is 25.7 Å². The normalized spacial score (nSPS) is 13.1. The Kier molecular flexibility index (Phi) is 8.38. The first-order chi connectivity index (χ1) is 7.11. The van der Waals surface area contributed by atoms with E-state index in [-0.39, 0.29) is 5.92 Å². The lowest BCUT2D eigenvalue weighted by atomic mass is 10.1. The van der Waals surface area contributed by atoms with E-state index in [2.05, 4.69) is 18.7 Å². The average molecular weight is 213 g/mol. The molecule has 0 saturated heterocycles. The van der Waals surface area contributed by atoms with Gasteiger partial charge in [-0.3, -0.25) is 5.41 Å². The van der Waals surface area contributed by atoms with Crippen LogP contribution in [0.1, 0.15) is 46.5 Å². The molecule has 0 bridgehead atoms. The molecule has 0 radical (unpaired) electrons. The second-order valence-electron chi connectivity index (χ2n) is 4.36. The van der Waals surface area contributed by atoms with E-state index in [0.29, 0.717) is 5.84 Å². The van der Waals surface area contributed by atoms with Crippen molar-refractivity contribution in [2.45, 2.75) is 46.5 Å². The van der Waals surface area contributed by atoms with Crippen LogP contribution in [0.3, 0.4) is 0 Å². The summed E-state index contributed by atoms with van der Waals surface area (Å²) in [7, 11) is 0. The maximum absolute atomic E-state index is 7.40. The predicted octanol–water partition coefficient (Wildman–Crippen LogP) is 2.46. The minimum atomic E-state index is 0.193. The number of nitrogens with one attached hydrogen (secondary N) is 1. The molecule has 0 aromatic rings. The van der Waals surface area contributed by atoms with E-state index < -0.39 is 0 Å². The number of hydrogen-bond donors (Lipinski definition) is 2. The van der Waals surface area contributed by atoms with Gasteiger partial charge in [-0.1, -0.05) is 33.6 Å². The summed E-state index contributed by atoms with van der Waals surface area (Å²) in [6, 6.07) is 0. The molecule has 0 aliphatic rings. The summed E-state index contributed by atoms with van der Waals surface area (Å²) in [4.78, 5) is 2.44. The third kappa shape index (κ3) is 7.37. The van der Waals surface area contributed by atoms with Gasteiger partial charge in [0.1, 0.15) is 0 Å². The molecule has 0 spiro atoms. The van der Waals surface area contributed by atoms with Crippen LogP contribution in [0.15, 0.2) is 0 Å². The first kappa shape index (κ1) is 14.4. The molecule has 0 aliphatic carbocycles. The van der Waals surface area contributed by atoms with Crippen LogP contribution in [-0.4, -0.2) is 30.4 Å². The van der Waals surface area contributed by atoms with Crippen LogP contribution in [0, 0.1) is 11.3 Å². The summed E-state index contributed by atoms with van der Waals surface area (Å²) < 4.78 is 0. The zero-order chi connectivity index (χ0) is 11.7. The van der Waals surface area contributed by atoms with E-state index in [1.54, 1.807) is 0 Å². The molecule has 3 nitrogen and oxygen atoms in total. The lowest BCUT2D eigenvalue weighted by Crippen LogP contribution is -2.35. The van der Waals surface area contributed by atoms with Gasteiger partial charge in [0.25, 0.3) is 0 Å². The molecule has 0 aromatic heterocycles.